The summed E-state index contributed by atoms with van der Waals surface area (Å²) in [7, 11) is 0. The SMILES string of the molecule is C#Cc1ccc(Cl)c(-c2ccc(OCc3ccccc3)nc2)c1. The van der Waals surface area contributed by atoms with Gasteiger partial charge < -0.3 is 4.74 Å². The van der Waals surface area contributed by atoms with Crippen LogP contribution in [0, 0.1) is 12.3 Å². The van der Waals surface area contributed by atoms with Crippen molar-refractivity contribution in [2.24, 2.45) is 0 Å². The Kier molecular flexibility index (Phi) is 4.61. The van der Waals surface area contributed by atoms with Gasteiger partial charge in [-0.3, -0.25) is 0 Å². The van der Waals surface area contributed by atoms with Crippen LogP contribution in [0.15, 0.2) is 66.9 Å². The summed E-state index contributed by atoms with van der Waals surface area (Å²) >= 11 is 6.24. The molecule has 23 heavy (non-hydrogen) atoms. The molecule has 1 heterocycles. The molecule has 3 aromatic rings. The van der Waals surface area contributed by atoms with E-state index in [4.69, 9.17) is 22.8 Å². The third-order valence-corrected chi connectivity index (χ3v) is 3.74. The maximum absolute atomic E-state index is 6.24. The van der Waals surface area contributed by atoms with Gasteiger partial charge in [-0.1, -0.05) is 47.9 Å². The molecule has 0 spiro atoms. The molecular formula is C20H14ClNO. The molecule has 0 atom stereocenters. The van der Waals surface area contributed by atoms with Gasteiger partial charge in [0.1, 0.15) is 6.61 Å². The lowest BCUT2D eigenvalue weighted by Crippen LogP contribution is -1.96. The van der Waals surface area contributed by atoms with Crippen molar-refractivity contribution >= 4 is 11.6 Å². The van der Waals surface area contributed by atoms with E-state index in [0.717, 1.165) is 22.3 Å². The lowest BCUT2D eigenvalue weighted by Gasteiger charge is -2.08. The summed E-state index contributed by atoms with van der Waals surface area (Å²) in [5, 5.41) is 0.642. The molecule has 112 valence electrons. The molecule has 1 aromatic heterocycles. The number of nitrogens with zero attached hydrogens (tertiary/aromatic N) is 1. The van der Waals surface area contributed by atoms with Crippen LogP contribution in [0.4, 0.5) is 0 Å². The highest BCUT2D eigenvalue weighted by molar-refractivity contribution is 6.33. The minimum absolute atomic E-state index is 0.487. The van der Waals surface area contributed by atoms with Crippen molar-refractivity contribution in [3.05, 3.63) is 83.0 Å². The number of pyridine rings is 1. The zero-order chi connectivity index (χ0) is 16.1. The molecule has 2 nitrogen and oxygen atoms in total. The number of benzene rings is 2. The van der Waals surface area contributed by atoms with Crippen molar-refractivity contribution in [2.45, 2.75) is 6.61 Å². The maximum atomic E-state index is 6.24. The second kappa shape index (κ2) is 7.00. The van der Waals surface area contributed by atoms with Crippen LogP contribution in [0.5, 0.6) is 5.88 Å². The van der Waals surface area contributed by atoms with Crippen LogP contribution in [-0.2, 0) is 6.61 Å². The number of ether oxygens (including phenoxy) is 1. The van der Waals surface area contributed by atoms with Gasteiger partial charge in [0.25, 0.3) is 0 Å². The Morgan fingerprint density at radius 3 is 2.57 bits per heavy atom. The molecule has 0 saturated carbocycles. The third-order valence-electron chi connectivity index (χ3n) is 3.41. The quantitative estimate of drug-likeness (QED) is 0.634. The number of terminal acetylenes is 1. The molecule has 0 aliphatic carbocycles. The molecule has 0 saturated heterocycles. The fraction of sp³-hybridized carbons (Fsp3) is 0.0500. The van der Waals surface area contributed by atoms with Crippen molar-refractivity contribution in [2.75, 3.05) is 0 Å². The van der Waals surface area contributed by atoms with Gasteiger partial charge in [-0.2, -0.15) is 0 Å². The van der Waals surface area contributed by atoms with E-state index in [1.54, 1.807) is 12.3 Å². The predicted molar refractivity (Wildman–Crippen MR) is 93.4 cm³/mol. The van der Waals surface area contributed by atoms with E-state index in [9.17, 15) is 0 Å². The van der Waals surface area contributed by atoms with E-state index in [-0.39, 0.29) is 0 Å². The van der Waals surface area contributed by atoms with Crippen LogP contribution >= 0.6 is 11.6 Å². The largest absolute Gasteiger partial charge is 0.473 e. The number of rotatable bonds is 4. The number of hydrogen-bond acceptors (Lipinski definition) is 2. The summed E-state index contributed by atoms with van der Waals surface area (Å²) in [6, 6.07) is 19.2. The van der Waals surface area contributed by atoms with E-state index >= 15 is 0 Å². The highest BCUT2D eigenvalue weighted by atomic mass is 35.5. The summed E-state index contributed by atoms with van der Waals surface area (Å²) in [5.41, 5.74) is 3.65. The monoisotopic (exact) mass is 319 g/mol. The van der Waals surface area contributed by atoms with Crippen molar-refractivity contribution in [1.29, 1.82) is 0 Å². The lowest BCUT2D eigenvalue weighted by atomic mass is 10.1. The summed E-state index contributed by atoms with van der Waals surface area (Å²) in [4.78, 5) is 4.33. The smallest absolute Gasteiger partial charge is 0.213 e. The molecule has 0 unspecified atom stereocenters. The molecule has 3 heteroatoms. The highest BCUT2D eigenvalue weighted by Crippen LogP contribution is 2.29. The highest BCUT2D eigenvalue weighted by Gasteiger charge is 2.06. The van der Waals surface area contributed by atoms with E-state index in [0.29, 0.717) is 17.5 Å². The van der Waals surface area contributed by atoms with Crippen molar-refractivity contribution in [3.63, 3.8) is 0 Å². The maximum Gasteiger partial charge on any atom is 0.213 e. The Bertz CT molecular complexity index is 836. The number of hydrogen-bond donors (Lipinski definition) is 0. The molecule has 0 bridgehead atoms. The van der Waals surface area contributed by atoms with Crippen LogP contribution in [0.1, 0.15) is 11.1 Å². The second-order valence-corrected chi connectivity index (χ2v) is 5.41. The van der Waals surface area contributed by atoms with E-state index in [2.05, 4.69) is 10.9 Å². The molecule has 0 aliphatic heterocycles. The van der Waals surface area contributed by atoms with Crippen molar-refractivity contribution in [3.8, 4) is 29.4 Å². The molecule has 0 N–H and O–H groups in total. The summed E-state index contributed by atoms with van der Waals surface area (Å²) in [6.45, 7) is 0.487. The van der Waals surface area contributed by atoms with Gasteiger partial charge >= 0.3 is 0 Å². The first-order valence-corrected chi connectivity index (χ1v) is 7.53. The topological polar surface area (TPSA) is 22.1 Å². The molecule has 2 aromatic carbocycles. The third kappa shape index (κ3) is 3.71. The molecule has 0 aliphatic rings. The number of aromatic nitrogens is 1. The molecular weight excluding hydrogens is 306 g/mol. The van der Waals surface area contributed by atoms with Crippen molar-refractivity contribution in [1.82, 2.24) is 4.98 Å². The zero-order valence-electron chi connectivity index (χ0n) is 12.4. The van der Waals surface area contributed by atoms with E-state index in [1.807, 2.05) is 54.6 Å². The minimum Gasteiger partial charge on any atom is -0.473 e. The first-order chi connectivity index (χ1) is 11.3. The fourth-order valence-corrected chi connectivity index (χ4v) is 2.42. The van der Waals surface area contributed by atoms with Crippen LogP contribution in [-0.4, -0.2) is 4.98 Å². The first kappa shape index (κ1) is 15.1. The summed E-state index contributed by atoms with van der Waals surface area (Å²) in [6.07, 6.45) is 7.18. The zero-order valence-corrected chi connectivity index (χ0v) is 13.1. The van der Waals surface area contributed by atoms with Gasteiger partial charge in [0.15, 0.2) is 0 Å². The Balaban J connectivity index is 1.76. The minimum atomic E-state index is 0.487. The molecule has 3 rings (SSSR count). The van der Waals surface area contributed by atoms with Gasteiger partial charge in [0.05, 0.1) is 0 Å². The molecule has 0 amide bonds. The van der Waals surface area contributed by atoms with Crippen LogP contribution in [0.25, 0.3) is 11.1 Å². The van der Waals surface area contributed by atoms with Gasteiger partial charge in [-0.25, -0.2) is 4.98 Å². The lowest BCUT2D eigenvalue weighted by molar-refractivity contribution is 0.294. The fourth-order valence-electron chi connectivity index (χ4n) is 2.19. The average Bonchev–Trinajstić information content (AvgIpc) is 2.62. The van der Waals surface area contributed by atoms with Gasteiger partial charge in [-0.05, 0) is 29.8 Å². The Labute approximate surface area is 140 Å². The Morgan fingerprint density at radius 1 is 1.04 bits per heavy atom. The average molecular weight is 320 g/mol. The Morgan fingerprint density at radius 2 is 1.87 bits per heavy atom. The van der Waals surface area contributed by atoms with E-state index < -0.39 is 0 Å². The summed E-state index contributed by atoms with van der Waals surface area (Å²) in [5.74, 6) is 3.18. The van der Waals surface area contributed by atoms with Gasteiger partial charge in [0, 0.05) is 34.0 Å². The number of halogens is 1. The first-order valence-electron chi connectivity index (χ1n) is 7.15. The standard InChI is InChI=1S/C20H14ClNO/c1-2-15-8-10-19(21)18(12-15)17-9-11-20(22-13-17)23-14-16-6-4-3-5-7-16/h1,3-13H,14H2. The normalized spacial score (nSPS) is 10.1. The van der Waals surface area contributed by atoms with Gasteiger partial charge in [-0.15, -0.1) is 6.42 Å². The Hall–Kier alpha value is -2.76. The van der Waals surface area contributed by atoms with Crippen LogP contribution < -0.4 is 4.74 Å². The summed E-state index contributed by atoms with van der Waals surface area (Å²) < 4.78 is 5.68. The second-order valence-electron chi connectivity index (χ2n) is 5.00. The predicted octanol–water partition coefficient (Wildman–Crippen LogP) is 4.96. The van der Waals surface area contributed by atoms with Crippen molar-refractivity contribution < 1.29 is 4.74 Å². The van der Waals surface area contributed by atoms with Crippen LogP contribution in [0.2, 0.25) is 5.02 Å². The molecule has 0 radical (unpaired) electrons. The molecule has 0 fully saturated rings. The van der Waals surface area contributed by atoms with Gasteiger partial charge in [0.2, 0.25) is 5.88 Å². The van der Waals surface area contributed by atoms with E-state index in [1.165, 1.54) is 0 Å². The van der Waals surface area contributed by atoms with Crippen LogP contribution in [0.3, 0.4) is 0 Å².